The van der Waals surface area contributed by atoms with E-state index in [9.17, 15) is 0 Å². The van der Waals surface area contributed by atoms with Crippen molar-refractivity contribution >= 4 is 8.32 Å². The predicted molar refractivity (Wildman–Crippen MR) is 101 cm³/mol. The number of hydrogen-bond donors (Lipinski definition) is 0. The summed E-state index contributed by atoms with van der Waals surface area (Å²) < 4.78 is 6.78. The Balaban J connectivity index is 3.14. The van der Waals surface area contributed by atoms with Gasteiger partial charge in [0.2, 0.25) is 0 Å². The highest BCUT2D eigenvalue weighted by molar-refractivity contribution is 6.77. The Morgan fingerprint density at radius 2 is 1.61 bits per heavy atom. The van der Waals surface area contributed by atoms with Gasteiger partial charge >= 0.3 is 0 Å². The average molecular weight is 338 g/mol. The molecule has 1 aliphatic rings. The smallest absolute Gasteiger partial charge is 0.258 e. The fourth-order valence-corrected chi connectivity index (χ4v) is 9.78. The first-order valence-electron chi connectivity index (χ1n) is 9.10. The minimum Gasteiger partial charge on any atom is -0.546 e. The number of rotatable bonds is 7. The second-order valence-electron chi connectivity index (χ2n) is 8.19. The van der Waals surface area contributed by atoms with E-state index >= 15 is 0 Å². The van der Waals surface area contributed by atoms with Crippen LogP contribution in [0.3, 0.4) is 0 Å². The first-order valence-corrected chi connectivity index (χ1v) is 11.2. The van der Waals surface area contributed by atoms with Crippen LogP contribution in [-0.4, -0.2) is 14.4 Å². The highest BCUT2D eigenvalue weighted by atomic mass is 28.4. The Morgan fingerprint density at radius 1 is 1.09 bits per heavy atom. The van der Waals surface area contributed by atoms with Crippen LogP contribution in [0.4, 0.5) is 0 Å². The number of allylic oxidation sites excluding steroid dienone is 1. The summed E-state index contributed by atoms with van der Waals surface area (Å²) in [6.45, 7) is 18.2. The zero-order chi connectivity index (χ0) is 17.8. The summed E-state index contributed by atoms with van der Waals surface area (Å²) in [7, 11) is -1.92. The molecule has 23 heavy (non-hydrogen) atoms. The molecule has 0 N–H and O–H groups in total. The van der Waals surface area contributed by atoms with Crippen LogP contribution in [0.15, 0.2) is 16.9 Å². The van der Waals surface area contributed by atoms with Gasteiger partial charge in [-0.25, -0.2) is 0 Å². The third kappa shape index (κ3) is 4.33. The molecule has 0 spiro atoms. The molecule has 0 fully saturated rings. The molecule has 132 valence electrons. The van der Waals surface area contributed by atoms with Gasteiger partial charge in [0.15, 0.2) is 0 Å². The van der Waals surface area contributed by atoms with E-state index in [1.54, 1.807) is 0 Å². The monoisotopic (exact) mass is 337 g/mol. The summed E-state index contributed by atoms with van der Waals surface area (Å²) in [5.41, 5.74) is 10.6. The molecule has 0 aromatic heterocycles. The van der Waals surface area contributed by atoms with Crippen molar-refractivity contribution in [2.24, 2.45) is 17.0 Å². The highest BCUT2D eigenvalue weighted by Crippen LogP contribution is 2.45. The maximum absolute atomic E-state index is 8.90. The van der Waals surface area contributed by atoms with E-state index in [1.807, 2.05) is 0 Å². The molecule has 0 aliphatic heterocycles. The van der Waals surface area contributed by atoms with E-state index in [0.29, 0.717) is 28.5 Å². The van der Waals surface area contributed by atoms with Gasteiger partial charge in [0.25, 0.3) is 8.32 Å². The molecule has 0 amide bonds. The van der Waals surface area contributed by atoms with Crippen LogP contribution in [0, 0.1) is 11.8 Å². The van der Waals surface area contributed by atoms with Crippen molar-refractivity contribution in [2.45, 2.75) is 90.9 Å². The largest absolute Gasteiger partial charge is 0.546 e. The van der Waals surface area contributed by atoms with Gasteiger partial charge < -0.3 is 4.43 Å². The minimum absolute atomic E-state index is 0.0677. The van der Waals surface area contributed by atoms with E-state index in [-0.39, 0.29) is 6.04 Å². The zero-order valence-electron chi connectivity index (χ0n) is 16.2. The van der Waals surface area contributed by atoms with Gasteiger partial charge in [-0.05, 0) is 46.5 Å². The molecule has 5 heteroatoms. The topological polar surface area (TPSA) is 58.0 Å². The fourth-order valence-electron chi connectivity index (χ4n) is 4.45. The molecule has 4 nitrogen and oxygen atoms in total. The summed E-state index contributed by atoms with van der Waals surface area (Å²) >= 11 is 0. The second kappa shape index (κ2) is 8.25. The predicted octanol–water partition coefficient (Wildman–Crippen LogP) is 6.81. The van der Waals surface area contributed by atoms with Gasteiger partial charge in [0, 0.05) is 11.3 Å². The summed E-state index contributed by atoms with van der Waals surface area (Å²) in [5, 5.41) is 4.04. The molecule has 0 bridgehead atoms. The molecular weight excluding hydrogens is 302 g/mol. The zero-order valence-corrected chi connectivity index (χ0v) is 17.2. The maximum Gasteiger partial charge on any atom is 0.258 e. The molecule has 0 radical (unpaired) electrons. The summed E-state index contributed by atoms with van der Waals surface area (Å²) in [6.07, 6.45) is 4.13. The van der Waals surface area contributed by atoms with E-state index in [0.717, 1.165) is 18.6 Å². The first kappa shape index (κ1) is 20.1. The van der Waals surface area contributed by atoms with Crippen molar-refractivity contribution in [3.8, 4) is 0 Å². The van der Waals surface area contributed by atoms with Crippen molar-refractivity contribution < 1.29 is 4.43 Å². The lowest BCUT2D eigenvalue weighted by Crippen LogP contribution is -2.48. The Kier molecular flexibility index (Phi) is 7.21. The van der Waals surface area contributed by atoms with E-state index in [2.05, 4.69) is 71.5 Å². The minimum atomic E-state index is -1.92. The van der Waals surface area contributed by atoms with Crippen molar-refractivity contribution in [3.63, 3.8) is 0 Å². The lowest BCUT2D eigenvalue weighted by molar-refractivity contribution is 0.266. The van der Waals surface area contributed by atoms with Crippen LogP contribution in [-0.2, 0) is 4.43 Å². The molecule has 0 heterocycles. The van der Waals surface area contributed by atoms with Gasteiger partial charge in [0.05, 0.1) is 11.8 Å². The molecule has 2 atom stereocenters. The second-order valence-corrected chi connectivity index (χ2v) is 13.6. The van der Waals surface area contributed by atoms with Crippen LogP contribution in [0.2, 0.25) is 16.6 Å². The molecule has 0 aromatic carbocycles. The molecule has 0 aromatic rings. The lowest BCUT2D eigenvalue weighted by Gasteiger charge is -2.44. The van der Waals surface area contributed by atoms with Gasteiger partial charge in [-0.2, -0.15) is 0 Å². The highest BCUT2D eigenvalue weighted by Gasteiger charge is 2.47. The van der Waals surface area contributed by atoms with Crippen LogP contribution in [0.1, 0.15) is 68.2 Å². The molecule has 1 aliphatic carbocycles. The number of hydrogen-bond acceptors (Lipinski definition) is 2. The third-order valence-electron chi connectivity index (χ3n) is 5.58. The van der Waals surface area contributed by atoms with Crippen LogP contribution in [0.25, 0.3) is 10.4 Å². The van der Waals surface area contributed by atoms with Gasteiger partial charge in [-0.15, -0.1) is 0 Å². The van der Waals surface area contributed by atoms with Crippen molar-refractivity contribution in [2.75, 3.05) is 0 Å². The van der Waals surface area contributed by atoms with E-state index < -0.39 is 8.32 Å². The Labute approximate surface area is 143 Å². The fraction of sp³-hybridized carbons (Fsp3) is 0.889. The molecular formula is C18H35N3OSi. The molecule has 0 saturated heterocycles. The van der Waals surface area contributed by atoms with Crippen LogP contribution in [0.5, 0.6) is 0 Å². The Hall–Kier alpha value is -0.933. The summed E-state index contributed by atoms with van der Waals surface area (Å²) in [4.78, 5) is 3.06. The van der Waals surface area contributed by atoms with Gasteiger partial charge in [-0.1, -0.05) is 60.5 Å². The van der Waals surface area contributed by atoms with Crippen molar-refractivity contribution in [1.82, 2.24) is 0 Å². The maximum atomic E-state index is 8.90. The van der Waals surface area contributed by atoms with Gasteiger partial charge in [0.1, 0.15) is 0 Å². The lowest BCUT2D eigenvalue weighted by atomic mass is 9.81. The molecule has 1 rings (SSSR count). The molecule has 0 unspecified atom stereocenters. The van der Waals surface area contributed by atoms with Crippen LogP contribution < -0.4 is 0 Å². The van der Waals surface area contributed by atoms with E-state index in [1.165, 1.54) is 0 Å². The van der Waals surface area contributed by atoms with Gasteiger partial charge in [-0.3, -0.25) is 0 Å². The number of nitrogens with zero attached hydrogens (tertiary/aromatic N) is 3. The Morgan fingerprint density at radius 3 is 2.00 bits per heavy atom. The molecule has 0 saturated carbocycles. The third-order valence-corrected chi connectivity index (χ3v) is 11.6. The van der Waals surface area contributed by atoms with Crippen molar-refractivity contribution in [3.05, 3.63) is 22.3 Å². The van der Waals surface area contributed by atoms with Crippen molar-refractivity contribution in [1.29, 1.82) is 0 Å². The SMILES string of the molecule is CC(C)[C@H]1CCC(O[Si](C(C)C)(C(C)C)C(C)C)=C[C@@H]1N=[N+]=[N-]. The Bertz CT molecular complexity index is 443. The number of azide groups is 1. The van der Waals surface area contributed by atoms with E-state index in [4.69, 9.17) is 9.96 Å². The normalized spacial score (nSPS) is 22.5. The quantitative estimate of drug-likeness (QED) is 0.218. The average Bonchev–Trinajstić information content (AvgIpc) is 2.43. The standard InChI is InChI=1S/C18H35N3OSi/c1-12(2)17-10-9-16(11-18(17)20-21-19)22-23(13(3)4,14(5)6)15(7)8/h11-15,17-18H,9-10H2,1-8H3/t17-,18+/m1/s1. The van der Waals surface area contributed by atoms with Crippen LogP contribution >= 0.6 is 0 Å². The summed E-state index contributed by atoms with van der Waals surface area (Å²) in [6, 6.07) is -0.0677. The summed E-state index contributed by atoms with van der Waals surface area (Å²) in [5.74, 6) is 2.01. The first-order chi connectivity index (χ1) is 10.7.